The maximum atomic E-state index is 12.2. The number of amides is 4. The molecule has 4 amide bonds. The van der Waals surface area contributed by atoms with E-state index >= 15 is 0 Å². The third-order valence-corrected chi connectivity index (χ3v) is 3.24. The fraction of sp³-hybridized carbons (Fsp3) is 0.500. The number of anilines is 1. The average molecular weight is 380 g/mol. The fourth-order valence-corrected chi connectivity index (χ4v) is 2.25. The highest BCUT2D eigenvalue weighted by atomic mass is 16.5. The topological polar surface area (TPSA) is 109 Å². The molecule has 0 aromatic heterocycles. The van der Waals surface area contributed by atoms with E-state index in [-0.39, 0.29) is 19.0 Å². The van der Waals surface area contributed by atoms with E-state index < -0.39 is 11.9 Å². The van der Waals surface area contributed by atoms with Gasteiger partial charge >= 0.3 is 6.03 Å². The van der Waals surface area contributed by atoms with Gasteiger partial charge in [0.2, 0.25) is 11.8 Å². The van der Waals surface area contributed by atoms with Gasteiger partial charge in [-0.15, -0.1) is 0 Å². The van der Waals surface area contributed by atoms with E-state index in [0.717, 1.165) is 0 Å². The van der Waals surface area contributed by atoms with Crippen molar-refractivity contribution in [3.05, 3.63) is 18.2 Å². The lowest BCUT2D eigenvalue weighted by Gasteiger charge is -2.16. The zero-order valence-corrected chi connectivity index (χ0v) is 16.3. The Labute approximate surface area is 159 Å². The Hall–Kier alpha value is -2.81. The molecule has 9 heteroatoms. The number of benzene rings is 1. The Morgan fingerprint density at radius 2 is 1.59 bits per heavy atom. The molecule has 1 rings (SSSR count). The van der Waals surface area contributed by atoms with Crippen LogP contribution in [0.4, 0.5) is 10.5 Å². The van der Waals surface area contributed by atoms with Crippen LogP contribution in [0.2, 0.25) is 0 Å². The minimum atomic E-state index is -0.557. The Balaban J connectivity index is 2.56. The van der Waals surface area contributed by atoms with Crippen molar-refractivity contribution in [2.45, 2.75) is 20.8 Å². The Morgan fingerprint density at radius 3 is 2.22 bits per heavy atom. The van der Waals surface area contributed by atoms with Gasteiger partial charge in [-0.3, -0.25) is 19.8 Å². The van der Waals surface area contributed by atoms with Crippen molar-refractivity contribution in [2.24, 2.45) is 0 Å². The van der Waals surface area contributed by atoms with Crippen LogP contribution >= 0.6 is 0 Å². The predicted octanol–water partition coefficient (Wildman–Crippen LogP) is 1.20. The number of hydrogen-bond acceptors (Lipinski definition) is 6. The van der Waals surface area contributed by atoms with Crippen molar-refractivity contribution >= 4 is 23.5 Å². The SMILES string of the molecule is CCNC(=O)NC(=O)CN(C)CC(=O)Nc1ccc(OCC)c(OCC)c1. The minimum Gasteiger partial charge on any atom is -0.490 e. The third kappa shape index (κ3) is 8.41. The first kappa shape index (κ1) is 22.2. The maximum absolute atomic E-state index is 12.2. The summed E-state index contributed by atoms with van der Waals surface area (Å²) < 4.78 is 11.0. The number of rotatable bonds is 10. The standard InChI is InChI=1S/C18H28N4O5/c1-5-19-18(25)21-17(24)12-22(4)11-16(23)20-13-8-9-14(26-6-2)15(10-13)27-7-3/h8-10H,5-7,11-12H2,1-4H3,(H,20,23)(H2,19,21,24,25). The van der Waals surface area contributed by atoms with E-state index in [1.807, 2.05) is 13.8 Å². The molecule has 0 spiro atoms. The number of urea groups is 1. The summed E-state index contributed by atoms with van der Waals surface area (Å²) >= 11 is 0. The van der Waals surface area contributed by atoms with Crippen LogP contribution in [0.5, 0.6) is 11.5 Å². The van der Waals surface area contributed by atoms with Crippen LogP contribution in [0.1, 0.15) is 20.8 Å². The average Bonchev–Trinajstić information content (AvgIpc) is 2.57. The number of ether oxygens (including phenoxy) is 2. The molecule has 3 N–H and O–H groups in total. The molecule has 0 bridgehead atoms. The monoisotopic (exact) mass is 380 g/mol. The molecule has 0 saturated carbocycles. The smallest absolute Gasteiger partial charge is 0.321 e. The number of nitrogens with zero attached hydrogens (tertiary/aromatic N) is 1. The summed E-state index contributed by atoms with van der Waals surface area (Å²) in [5.74, 6) is 0.370. The normalized spacial score (nSPS) is 10.3. The van der Waals surface area contributed by atoms with Crippen molar-refractivity contribution in [2.75, 3.05) is 45.2 Å². The summed E-state index contributed by atoms with van der Waals surface area (Å²) in [6, 6.07) is 4.58. The van der Waals surface area contributed by atoms with Crippen molar-refractivity contribution in [3.63, 3.8) is 0 Å². The molecule has 1 aromatic carbocycles. The maximum Gasteiger partial charge on any atom is 0.321 e. The molecule has 0 aliphatic rings. The number of hydrogen-bond donors (Lipinski definition) is 3. The molecule has 0 atom stereocenters. The molecule has 1 aromatic rings. The Bertz CT molecular complexity index is 651. The van der Waals surface area contributed by atoms with Gasteiger partial charge in [-0.1, -0.05) is 0 Å². The van der Waals surface area contributed by atoms with E-state index in [0.29, 0.717) is 36.9 Å². The molecule has 0 fully saturated rings. The van der Waals surface area contributed by atoms with E-state index in [4.69, 9.17) is 9.47 Å². The lowest BCUT2D eigenvalue weighted by atomic mass is 10.2. The summed E-state index contributed by atoms with van der Waals surface area (Å²) in [7, 11) is 1.61. The largest absolute Gasteiger partial charge is 0.490 e. The van der Waals surface area contributed by atoms with Crippen molar-refractivity contribution < 1.29 is 23.9 Å². The van der Waals surface area contributed by atoms with Gasteiger partial charge in [0.25, 0.3) is 0 Å². The molecule has 0 unspecified atom stereocenters. The number of likely N-dealkylation sites (N-methyl/N-ethyl adjacent to an activating group) is 1. The van der Waals surface area contributed by atoms with Gasteiger partial charge in [0.1, 0.15) is 0 Å². The highest BCUT2D eigenvalue weighted by molar-refractivity contribution is 5.96. The summed E-state index contributed by atoms with van der Waals surface area (Å²) in [4.78, 5) is 36.7. The molecule has 0 saturated heterocycles. The second-order valence-electron chi connectivity index (χ2n) is 5.66. The van der Waals surface area contributed by atoms with Crippen LogP contribution in [-0.2, 0) is 9.59 Å². The quantitative estimate of drug-likeness (QED) is 0.563. The summed E-state index contributed by atoms with van der Waals surface area (Å²) in [5.41, 5.74) is 0.562. The molecular formula is C18H28N4O5. The fourth-order valence-electron chi connectivity index (χ4n) is 2.25. The van der Waals surface area contributed by atoms with Gasteiger partial charge < -0.3 is 20.1 Å². The third-order valence-electron chi connectivity index (χ3n) is 3.24. The van der Waals surface area contributed by atoms with Gasteiger partial charge in [-0.2, -0.15) is 0 Å². The van der Waals surface area contributed by atoms with Gasteiger partial charge in [0.05, 0.1) is 26.3 Å². The Morgan fingerprint density at radius 1 is 0.963 bits per heavy atom. The van der Waals surface area contributed by atoms with E-state index in [1.165, 1.54) is 4.90 Å². The number of carbonyl (C=O) groups is 3. The zero-order valence-electron chi connectivity index (χ0n) is 16.3. The molecule has 0 heterocycles. The number of nitrogens with one attached hydrogen (secondary N) is 3. The van der Waals surface area contributed by atoms with Crippen molar-refractivity contribution in [1.82, 2.24) is 15.5 Å². The van der Waals surface area contributed by atoms with Gasteiger partial charge in [0.15, 0.2) is 11.5 Å². The summed E-state index contributed by atoms with van der Waals surface area (Å²) in [6.07, 6.45) is 0. The van der Waals surface area contributed by atoms with Crippen LogP contribution in [0, 0.1) is 0 Å². The van der Waals surface area contributed by atoms with Crippen LogP contribution in [0.25, 0.3) is 0 Å². The lowest BCUT2D eigenvalue weighted by molar-refractivity contribution is -0.122. The minimum absolute atomic E-state index is 0.0139. The van der Waals surface area contributed by atoms with Crippen LogP contribution in [0.15, 0.2) is 18.2 Å². The molecular weight excluding hydrogens is 352 g/mol. The molecule has 27 heavy (non-hydrogen) atoms. The predicted molar refractivity (Wildman–Crippen MR) is 102 cm³/mol. The molecule has 0 aliphatic carbocycles. The first-order chi connectivity index (χ1) is 12.9. The van der Waals surface area contributed by atoms with Crippen LogP contribution in [-0.4, -0.2) is 62.6 Å². The van der Waals surface area contributed by atoms with Crippen LogP contribution < -0.4 is 25.4 Å². The first-order valence-electron chi connectivity index (χ1n) is 8.85. The van der Waals surface area contributed by atoms with E-state index in [9.17, 15) is 14.4 Å². The lowest BCUT2D eigenvalue weighted by Crippen LogP contribution is -2.44. The van der Waals surface area contributed by atoms with Gasteiger partial charge in [0, 0.05) is 18.3 Å². The van der Waals surface area contributed by atoms with Crippen molar-refractivity contribution in [3.8, 4) is 11.5 Å². The number of imide groups is 1. The molecule has 9 nitrogen and oxygen atoms in total. The number of carbonyl (C=O) groups excluding carboxylic acids is 3. The molecule has 150 valence electrons. The van der Waals surface area contributed by atoms with E-state index in [1.54, 1.807) is 32.2 Å². The second-order valence-corrected chi connectivity index (χ2v) is 5.66. The Kier molecular flexibility index (Phi) is 9.66. The highest BCUT2D eigenvalue weighted by Crippen LogP contribution is 2.30. The molecule has 0 aliphatic heterocycles. The zero-order chi connectivity index (χ0) is 20.2. The second kappa shape index (κ2) is 11.7. The van der Waals surface area contributed by atoms with E-state index in [2.05, 4.69) is 16.0 Å². The summed E-state index contributed by atoms with van der Waals surface area (Å²) in [6.45, 7) is 6.79. The first-order valence-corrected chi connectivity index (χ1v) is 8.85. The highest BCUT2D eigenvalue weighted by Gasteiger charge is 2.14. The van der Waals surface area contributed by atoms with Crippen LogP contribution in [0.3, 0.4) is 0 Å². The molecule has 0 radical (unpaired) electrons. The summed E-state index contributed by atoms with van der Waals surface area (Å²) in [5, 5.41) is 7.39. The van der Waals surface area contributed by atoms with Gasteiger partial charge in [-0.25, -0.2) is 4.79 Å². The van der Waals surface area contributed by atoms with Crippen molar-refractivity contribution in [1.29, 1.82) is 0 Å². The van der Waals surface area contributed by atoms with Gasteiger partial charge in [-0.05, 0) is 40.0 Å².